The largest absolute Gasteiger partial charge is 0.493 e. The van der Waals surface area contributed by atoms with E-state index in [1.54, 1.807) is 4.90 Å². The molecule has 2 saturated carbocycles. The molecule has 0 saturated heterocycles. The van der Waals surface area contributed by atoms with Crippen LogP contribution in [-0.2, 0) is 16.0 Å². The highest BCUT2D eigenvalue weighted by Gasteiger charge is 2.63. The fourth-order valence-corrected chi connectivity index (χ4v) is 5.68. The lowest BCUT2D eigenvalue weighted by atomic mass is 9.73. The van der Waals surface area contributed by atoms with Crippen LogP contribution >= 0.6 is 0 Å². The number of methoxy groups -OCH3 is 1. The molecule has 0 heterocycles. The molecule has 224 valence electrons. The number of benzene rings is 2. The number of carbonyl (C=O) groups excluding carboxylic acids is 2. The fourth-order valence-electron chi connectivity index (χ4n) is 5.68. The van der Waals surface area contributed by atoms with E-state index in [0.29, 0.717) is 32.1 Å². The topological polar surface area (TPSA) is 77.1 Å². The van der Waals surface area contributed by atoms with Crippen molar-refractivity contribution >= 4 is 12.0 Å². The summed E-state index contributed by atoms with van der Waals surface area (Å²) in [5.41, 5.74) is 1.33. The van der Waals surface area contributed by atoms with Crippen molar-refractivity contribution in [3.05, 3.63) is 59.2 Å². The minimum Gasteiger partial charge on any atom is -0.493 e. The van der Waals surface area contributed by atoms with Gasteiger partial charge in [0.15, 0.2) is 5.54 Å². The van der Waals surface area contributed by atoms with Crippen LogP contribution in [0.1, 0.15) is 87.9 Å². The molecule has 0 unspecified atom stereocenters. The summed E-state index contributed by atoms with van der Waals surface area (Å²) < 4.78 is 44.8. The number of esters is 1. The van der Waals surface area contributed by atoms with Crippen LogP contribution in [0.3, 0.4) is 0 Å². The number of nitrogens with one attached hydrogen (secondary N) is 1. The number of hydrogen-bond donors (Lipinski definition) is 1. The molecule has 0 spiro atoms. The summed E-state index contributed by atoms with van der Waals surface area (Å²) in [6.45, 7) is 7.10. The zero-order valence-corrected chi connectivity index (χ0v) is 24.5. The van der Waals surface area contributed by atoms with Gasteiger partial charge in [0.2, 0.25) is 0 Å². The van der Waals surface area contributed by atoms with Gasteiger partial charge in [-0.2, -0.15) is 0 Å². The number of rotatable bonds is 14. The van der Waals surface area contributed by atoms with Crippen LogP contribution in [0.15, 0.2) is 42.5 Å². The van der Waals surface area contributed by atoms with Gasteiger partial charge < -0.3 is 24.4 Å². The van der Waals surface area contributed by atoms with E-state index in [2.05, 4.69) is 17.4 Å². The molecule has 41 heavy (non-hydrogen) atoms. The summed E-state index contributed by atoms with van der Waals surface area (Å²) >= 11 is 0. The molecule has 0 bridgehead atoms. The number of alkyl halides is 2. The van der Waals surface area contributed by atoms with Gasteiger partial charge in [-0.3, -0.25) is 0 Å². The SMILES string of the molecule is CCOc1cc([C@@H](C)N(CCCCc2ccccc2)C(=O)NC2(C(=O)OC)CC(F)(F)C2)cc(OCC)c1C1CC1. The van der Waals surface area contributed by atoms with Crippen molar-refractivity contribution in [2.45, 2.75) is 89.1 Å². The van der Waals surface area contributed by atoms with Gasteiger partial charge in [0, 0.05) is 24.9 Å². The predicted molar refractivity (Wildman–Crippen MR) is 153 cm³/mol. The Morgan fingerprint density at radius 1 is 1.02 bits per heavy atom. The second-order valence-electron chi connectivity index (χ2n) is 11.1. The number of ether oxygens (including phenoxy) is 3. The van der Waals surface area contributed by atoms with Crippen LogP contribution < -0.4 is 14.8 Å². The molecule has 2 aliphatic rings. The lowest BCUT2D eigenvalue weighted by molar-refractivity contribution is -0.178. The summed E-state index contributed by atoms with van der Waals surface area (Å²) in [4.78, 5) is 27.9. The predicted octanol–water partition coefficient (Wildman–Crippen LogP) is 6.80. The third-order valence-corrected chi connectivity index (χ3v) is 7.92. The Bertz CT molecular complexity index is 1170. The van der Waals surface area contributed by atoms with Crippen LogP contribution in [0.2, 0.25) is 0 Å². The van der Waals surface area contributed by atoms with Crippen LogP contribution in [0, 0.1) is 0 Å². The zero-order valence-electron chi connectivity index (χ0n) is 24.5. The summed E-state index contributed by atoms with van der Waals surface area (Å²) in [7, 11) is 1.14. The van der Waals surface area contributed by atoms with Gasteiger partial charge in [-0.15, -0.1) is 0 Å². The van der Waals surface area contributed by atoms with Crippen molar-refractivity contribution in [3.63, 3.8) is 0 Å². The highest BCUT2D eigenvalue weighted by molar-refractivity contribution is 5.89. The normalized spacial score (nSPS) is 17.6. The van der Waals surface area contributed by atoms with Gasteiger partial charge in [0.1, 0.15) is 11.5 Å². The first kappa shape index (κ1) is 30.6. The summed E-state index contributed by atoms with van der Waals surface area (Å²) in [6.07, 6.45) is 2.94. The maximum Gasteiger partial charge on any atom is 0.332 e. The first-order chi connectivity index (χ1) is 19.6. The Morgan fingerprint density at radius 2 is 1.63 bits per heavy atom. The summed E-state index contributed by atoms with van der Waals surface area (Å²) in [5, 5.41) is 2.63. The van der Waals surface area contributed by atoms with Crippen molar-refractivity contribution in [1.29, 1.82) is 0 Å². The van der Waals surface area contributed by atoms with Gasteiger partial charge in [-0.05, 0) is 82.1 Å². The highest BCUT2D eigenvalue weighted by atomic mass is 19.3. The van der Waals surface area contributed by atoms with E-state index in [4.69, 9.17) is 14.2 Å². The van der Waals surface area contributed by atoms with E-state index in [9.17, 15) is 18.4 Å². The average Bonchev–Trinajstić information content (AvgIpc) is 3.77. The van der Waals surface area contributed by atoms with Crippen LogP contribution in [0.5, 0.6) is 11.5 Å². The molecule has 1 atom stereocenters. The van der Waals surface area contributed by atoms with Gasteiger partial charge in [-0.25, -0.2) is 18.4 Å². The number of halogens is 2. The molecular formula is C32H42F2N2O5. The third-order valence-electron chi connectivity index (χ3n) is 7.92. The summed E-state index contributed by atoms with van der Waals surface area (Å²) in [6, 6.07) is 13.0. The number of unbranched alkanes of at least 4 members (excludes halogenated alkanes) is 1. The number of nitrogens with zero attached hydrogens (tertiary/aromatic N) is 1. The minimum atomic E-state index is -3.04. The molecule has 4 rings (SSSR count). The Labute approximate surface area is 241 Å². The molecular weight excluding hydrogens is 530 g/mol. The monoisotopic (exact) mass is 572 g/mol. The Balaban J connectivity index is 1.60. The Kier molecular flexibility index (Phi) is 9.76. The fraction of sp³-hybridized carbons (Fsp3) is 0.562. The van der Waals surface area contributed by atoms with E-state index >= 15 is 0 Å². The van der Waals surface area contributed by atoms with Crippen molar-refractivity contribution in [1.82, 2.24) is 10.2 Å². The average molecular weight is 573 g/mol. The van der Waals surface area contributed by atoms with Gasteiger partial charge in [0.05, 0.1) is 26.4 Å². The van der Waals surface area contributed by atoms with Crippen molar-refractivity contribution in [3.8, 4) is 11.5 Å². The smallest absolute Gasteiger partial charge is 0.332 e. The minimum absolute atomic E-state index is 0.367. The number of amides is 2. The molecule has 0 aromatic heterocycles. The molecule has 1 N–H and O–H groups in total. The molecule has 2 amide bonds. The van der Waals surface area contributed by atoms with Crippen molar-refractivity contribution in [2.75, 3.05) is 26.9 Å². The van der Waals surface area contributed by atoms with Crippen molar-refractivity contribution < 1.29 is 32.6 Å². The van der Waals surface area contributed by atoms with Gasteiger partial charge in [0.25, 0.3) is 5.92 Å². The lowest BCUT2D eigenvalue weighted by Gasteiger charge is -2.46. The quantitative estimate of drug-likeness (QED) is 0.199. The highest BCUT2D eigenvalue weighted by Crippen LogP contribution is 2.50. The Morgan fingerprint density at radius 3 is 2.15 bits per heavy atom. The van der Waals surface area contributed by atoms with E-state index in [1.165, 1.54) is 5.56 Å². The molecule has 2 aliphatic carbocycles. The number of urea groups is 1. The van der Waals surface area contributed by atoms with Crippen molar-refractivity contribution in [2.24, 2.45) is 0 Å². The van der Waals surface area contributed by atoms with E-state index in [-0.39, 0.29) is 0 Å². The number of hydrogen-bond acceptors (Lipinski definition) is 5. The standard InChI is InChI=1S/C32H42F2N2O5/c1-5-40-26-18-25(19-27(41-6-2)28(26)24-15-16-24)22(3)36(17-11-10-14-23-12-8-7-9-13-23)30(38)35-31(29(37)39-4)20-32(33,34)21-31/h7-9,12-13,18-19,22,24H,5-6,10-11,14-17,20-21H2,1-4H3,(H,35,38)/t22-/m1/s1. The van der Waals surface area contributed by atoms with E-state index in [1.807, 2.05) is 51.1 Å². The molecule has 7 nitrogen and oxygen atoms in total. The van der Waals surface area contributed by atoms with Crippen LogP contribution in [-0.4, -0.2) is 55.2 Å². The molecule has 0 radical (unpaired) electrons. The van der Waals surface area contributed by atoms with E-state index < -0.39 is 42.3 Å². The van der Waals surface area contributed by atoms with E-state index in [0.717, 1.165) is 55.4 Å². The molecule has 2 aromatic carbocycles. The third kappa shape index (κ3) is 7.29. The molecule has 0 aliphatic heterocycles. The maximum atomic E-state index is 14.0. The van der Waals surface area contributed by atoms with Gasteiger partial charge in [-0.1, -0.05) is 30.3 Å². The van der Waals surface area contributed by atoms with Crippen LogP contribution in [0.25, 0.3) is 0 Å². The first-order valence-electron chi connectivity index (χ1n) is 14.7. The number of carbonyl (C=O) groups is 2. The van der Waals surface area contributed by atoms with Gasteiger partial charge >= 0.3 is 12.0 Å². The van der Waals surface area contributed by atoms with Crippen LogP contribution in [0.4, 0.5) is 13.6 Å². The maximum absolute atomic E-state index is 14.0. The second kappa shape index (κ2) is 13.1. The summed E-state index contributed by atoms with van der Waals surface area (Å²) in [5.74, 6) is -2.02. The lowest BCUT2D eigenvalue weighted by Crippen LogP contribution is -2.68. The molecule has 9 heteroatoms. The molecule has 2 aromatic rings. The second-order valence-corrected chi connectivity index (χ2v) is 11.1. The first-order valence-corrected chi connectivity index (χ1v) is 14.7. The zero-order chi connectivity index (χ0) is 29.6. The molecule has 2 fully saturated rings. The Hall–Kier alpha value is -3.36. The number of aryl methyl sites for hydroxylation is 1.